The van der Waals surface area contributed by atoms with Gasteiger partial charge in [0.2, 0.25) is 11.5 Å². The Morgan fingerprint density at radius 1 is 0.600 bits per heavy atom. The monoisotopic (exact) mass is 562 g/mol. The summed E-state index contributed by atoms with van der Waals surface area (Å²) in [6.45, 7) is 0. The highest BCUT2D eigenvalue weighted by atomic mass is 16.6. The minimum atomic E-state index is -2.57. The van der Waals surface area contributed by atoms with E-state index in [4.69, 9.17) is 18.9 Å². The smallest absolute Gasteiger partial charge is 0.346 e. The van der Waals surface area contributed by atoms with Gasteiger partial charge in [0.05, 0.1) is 28.4 Å². The van der Waals surface area contributed by atoms with Crippen LogP contribution in [0.5, 0.6) is 34.5 Å². The van der Waals surface area contributed by atoms with Gasteiger partial charge in [0.25, 0.3) is 0 Å². The van der Waals surface area contributed by atoms with E-state index < -0.39 is 36.1 Å². The van der Waals surface area contributed by atoms with E-state index in [1.165, 1.54) is 64.9 Å². The third-order valence-electron chi connectivity index (χ3n) is 5.01. The number of benzene rings is 2. The van der Waals surface area contributed by atoms with Gasteiger partial charge in [-0.1, -0.05) is 0 Å². The maximum atomic E-state index is 12.0. The molecule has 0 saturated carbocycles. The van der Waals surface area contributed by atoms with E-state index >= 15 is 0 Å². The van der Waals surface area contributed by atoms with E-state index in [9.17, 15) is 39.6 Å². The highest BCUT2D eigenvalue weighted by molar-refractivity contribution is 6.00. The predicted molar refractivity (Wildman–Crippen MR) is 135 cm³/mol. The molecule has 0 aromatic heterocycles. The topological polar surface area (TPSA) is 205 Å². The summed E-state index contributed by atoms with van der Waals surface area (Å²) in [4.78, 5) is 47.9. The van der Waals surface area contributed by atoms with Crippen molar-refractivity contribution in [1.29, 1.82) is 0 Å². The van der Waals surface area contributed by atoms with Crippen LogP contribution in [0, 0.1) is 0 Å². The van der Waals surface area contributed by atoms with E-state index in [-0.39, 0.29) is 34.5 Å². The van der Waals surface area contributed by atoms with Crippen LogP contribution >= 0.6 is 0 Å². The number of methoxy groups -OCH3 is 4. The number of rotatable bonds is 11. The second-order valence-corrected chi connectivity index (χ2v) is 7.58. The lowest BCUT2D eigenvalue weighted by Crippen LogP contribution is -2.42. The van der Waals surface area contributed by atoms with Crippen LogP contribution in [0.2, 0.25) is 0 Å². The number of esters is 4. The van der Waals surface area contributed by atoms with Gasteiger partial charge in [-0.2, -0.15) is 0 Å². The Kier molecular flexibility index (Phi) is 11.0. The van der Waals surface area contributed by atoms with Crippen molar-refractivity contribution in [2.45, 2.75) is 12.2 Å². The van der Waals surface area contributed by atoms with Crippen LogP contribution in [-0.4, -0.2) is 85.0 Å². The van der Waals surface area contributed by atoms with E-state index in [0.29, 0.717) is 11.1 Å². The van der Waals surface area contributed by atoms with Crippen LogP contribution in [-0.2, 0) is 28.7 Å². The Labute approximate surface area is 227 Å². The van der Waals surface area contributed by atoms with Crippen molar-refractivity contribution < 1.29 is 68.0 Å². The molecule has 0 aliphatic heterocycles. The number of hydrogen-bond acceptors (Lipinski definition) is 14. The standard InChI is InChI=1S/C26H26O14/c1-35-15-9-13(10-16(36-2)21(15)29)5-7-19(27)39-25(33)23(31)24(32)26(34)40-20(28)8-6-14-11-17(37-3)22(30)18(12-14)38-4/h5-12,23-24,29-32H,1-4H3/b7-5+,8-6+. The molecule has 0 aliphatic rings. The summed E-state index contributed by atoms with van der Waals surface area (Å²) in [5.74, 6) is -6.39. The van der Waals surface area contributed by atoms with Crippen molar-refractivity contribution in [3.8, 4) is 34.5 Å². The first-order chi connectivity index (χ1) is 18.9. The van der Waals surface area contributed by atoms with Crippen LogP contribution in [0.25, 0.3) is 12.2 Å². The summed E-state index contributed by atoms with van der Waals surface area (Å²) < 4.78 is 28.7. The van der Waals surface area contributed by atoms with Crippen molar-refractivity contribution in [3.05, 3.63) is 47.5 Å². The average molecular weight is 562 g/mol. The SMILES string of the molecule is COc1cc(/C=C/C(=O)OC(=O)C(O)C(O)C(=O)OC(=O)/C=C/c2cc(OC)c(O)c(OC)c2)cc(OC)c1O. The number of carbonyl (C=O) groups excluding carboxylic acids is 4. The largest absolute Gasteiger partial charge is 0.502 e. The third kappa shape index (κ3) is 7.96. The molecule has 2 atom stereocenters. The number of phenols is 2. The van der Waals surface area contributed by atoms with Gasteiger partial charge in [0.1, 0.15) is 0 Å². The molecule has 0 saturated heterocycles. The number of carbonyl (C=O) groups is 4. The highest BCUT2D eigenvalue weighted by Gasteiger charge is 2.34. The molecule has 0 amide bonds. The lowest BCUT2D eigenvalue weighted by atomic mass is 10.1. The predicted octanol–water partition coefficient (Wildman–Crippen LogP) is 0.720. The molecule has 40 heavy (non-hydrogen) atoms. The van der Waals surface area contributed by atoms with E-state index in [1.807, 2.05) is 0 Å². The average Bonchev–Trinajstić information content (AvgIpc) is 2.94. The molecular formula is C26H26O14. The van der Waals surface area contributed by atoms with Gasteiger partial charge in [0.15, 0.2) is 35.2 Å². The molecule has 2 unspecified atom stereocenters. The van der Waals surface area contributed by atoms with Gasteiger partial charge in [0, 0.05) is 12.2 Å². The zero-order valence-electron chi connectivity index (χ0n) is 21.6. The summed E-state index contributed by atoms with van der Waals surface area (Å²) in [7, 11) is 5.17. The number of aromatic hydroxyl groups is 2. The number of hydrogen-bond donors (Lipinski definition) is 4. The number of aliphatic hydroxyl groups is 2. The molecule has 14 heteroatoms. The molecule has 2 aromatic carbocycles. The van der Waals surface area contributed by atoms with Crippen LogP contribution in [0.3, 0.4) is 0 Å². The molecule has 4 N–H and O–H groups in total. The Morgan fingerprint density at radius 3 is 1.12 bits per heavy atom. The lowest BCUT2D eigenvalue weighted by Gasteiger charge is -2.13. The van der Waals surface area contributed by atoms with Gasteiger partial charge in [-0.25, -0.2) is 19.2 Å². The molecule has 0 heterocycles. The number of phenolic OH excluding ortho intramolecular Hbond substituents is 2. The molecular weight excluding hydrogens is 536 g/mol. The molecule has 214 valence electrons. The Morgan fingerprint density at radius 2 is 0.875 bits per heavy atom. The van der Waals surface area contributed by atoms with Gasteiger partial charge in [-0.3, -0.25) is 0 Å². The maximum absolute atomic E-state index is 12.0. The molecule has 14 nitrogen and oxygen atoms in total. The van der Waals surface area contributed by atoms with E-state index in [1.54, 1.807) is 0 Å². The van der Waals surface area contributed by atoms with Crippen LogP contribution < -0.4 is 18.9 Å². The summed E-state index contributed by atoms with van der Waals surface area (Å²) in [5, 5.41) is 39.6. The first-order valence-electron chi connectivity index (χ1n) is 11.1. The number of aliphatic hydroxyl groups excluding tert-OH is 2. The van der Waals surface area contributed by atoms with Crippen molar-refractivity contribution >= 4 is 36.0 Å². The minimum absolute atomic E-state index is 0.0346. The summed E-state index contributed by atoms with van der Waals surface area (Å²) in [5.41, 5.74) is 0.603. The maximum Gasteiger partial charge on any atom is 0.346 e. The van der Waals surface area contributed by atoms with Crippen molar-refractivity contribution in [2.24, 2.45) is 0 Å². The first kappa shape index (κ1) is 31.1. The Balaban J connectivity index is 1.98. The summed E-state index contributed by atoms with van der Waals surface area (Å²) in [6.07, 6.45) is -1.24. The van der Waals surface area contributed by atoms with Gasteiger partial charge in [-0.05, 0) is 47.5 Å². The van der Waals surface area contributed by atoms with E-state index in [2.05, 4.69) is 9.47 Å². The highest BCUT2D eigenvalue weighted by Crippen LogP contribution is 2.38. The second-order valence-electron chi connectivity index (χ2n) is 7.58. The number of ether oxygens (including phenoxy) is 6. The zero-order chi connectivity index (χ0) is 30.0. The van der Waals surface area contributed by atoms with Gasteiger partial charge < -0.3 is 48.8 Å². The van der Waals surface area contributed by atoms with Crippen LogP contribution in [0.15, 0.2) is 36.4 Å². The summed E-state index contributed by atoms with van der Waals surface area (Å²) in [6, 6.07) is 5.38. The summed E-state index contributed by atoms with van der Waals surface area (Å²) >= 11 is 0. The fraction of sp³-hybridized carbons (Fsp3) is 0.231. The lowest BCUT2D eigenvalue weighted by molar-refractivity contribution is -0.178. The molecule has 0 aliphatic carbocycles. The third-order valence-corrected chi connectivity index (χ3v) is 5.01. The Hall–Kier alpha value is -5.08. The van der Waals surface area contributed by atoms with Crippen LogP contribution in [0.1, 0.15) is 11.1 Å². The molecule has 0 fully saturated rings. The minimum Gasteiger partial charge on any atom is -0.502 e. The zero-order valence-corrected chi connectivity index (χ0v) is 21.6. The quantitative estimate of drug-likeness (QED) is 0.169. The first-order valence-corrected chi connectivity index (χ1v) is 11.1. The Bertz CT molecular complexity index is 1180. The van der Waals surface area contributed by atoms with Crippen LogP contribution in [0.4, 0.5) is 0 Å². The van der Waals surface area contributed by atoms with Crippen molar-refractivity contribution in [3.63, 3.8) is 0 Å². The molecule has 2 rings (SSSR count). The normalized spacial score (nSPS) is 12.4. The van der Waals surface area contributed by atoms with Crippen molar-refractivity contribution in [1.82, 2.24) is 0 Å². The molecule has 0 bridgehead atoms. The van der Waals surface area contributed by atoms with Gasteiger partial charge in [-0.15, -0.1) is 0 Å². The fourth-order valence-electron chi connectivity index (χ4n) is 2.99. The molecule has 0 spiro atoms. The molecule has 0 radical (unpaired) electrons. The fourth-order valence-corrected chi connectivity index (χ4v) is 2.99. The molecule has 2 aromatic rings. The van der Waals surface area contributed by atoms with E-state index in [0.717, 1.165) is 12.2 Å². The van der Waals surface area contributed by atoms with Gasteiger partial charge >= 0.3 is 23.9 Å². The van der Waals surface area contributed by atoms with Crippen molar-refractivity contribution in [2.75, 3.05) is 28.4 Å². The second kappa shape index (κ2) is 14.2.